The van der Waals surface area contributed by atoms with Gasteiger partial charge in [0.1, 0.15) is 24.6 Å². The fourth-order valence-electron chi connectivity index (χ4n) is 6.32. The van der Waals surface area contributed by atoms with Crippen LogP contribution in [0.4, 0.5) is 16.2 Å². The highest BCUT2D eigenvalue weighted by molar-refractivity contribution is 8.07. The number of alkyl halides is 1. The van der Waals surface area contributed by atoms with Gasteiger partial charge < -0.3 is 37.8 Å². The zero-order valence-corrected chi connectivity index (χ0v) is 33.9. The van der Waals surface area contributed by atoms with Gasteiger partial charge in [-0.05, 0) is 23.9 Å². The van der Waals surface area contributed by atoms with Gasteiger partial charge in [0.25, 0.3) is 11.5 Å². The number of fused-ring (bicyclic) bond motifs is 5. The summed E-state index contributed by atoms with van der Waals surface area (Å²) in [6.07, 6.45) is -8.53. The first-order valence-corrected chi connectivity index (χ1v) is 21.9. The zero-order chi connectivity index (χ0) is 42.1. The Bertz CT molecular complexity index is 2550. The van der Waals surface area contributed by atoms with Crippen molar-refractivity contribution in [3.63, 3.8) is 0 Å². The highest BCUT2D eigenvalue weighted by atomic mass is 32.5. The number of hydrogen-bond donors (Lipinski definition) is 4. The number of rotatable bonds is 9. The van der Waals surface area contributed by atoms with E-state index < -0.39 is 88.3 Å². The Morgan fingerprint density at radius 2 is 1.87 bits per heavy atom. The van der Waals surface area contributed by atoms with Crippen molar-refractivity contribution in [2.24, 2.45) is 5.92 Å². The third-order valence-electron chi connectivity index (χ3n) is 9.23. The van der Waals surface area contributed by atoms with E-state index in [4.69, 9.17) is 43.9 Å². The number of halogens is 1. The van der Waals surface area contributed by atoms with E-state index in [0.29, 0.717) is 5.56 Å². The van der Waals surface area contributed by atoms with Crippen molar-refractivity contribution in [2.45, 2.75) is 69.7 Å². The van der Waals surface area contributed by atoms with Gasteiger partial charge in [0.15, 0.2) is 46.8 Å². The number of benzene rings is 1. The van der Waals surface area contributed by atoms with Crippen LogP contribution in [0.25, 0.3) is 22.3 Å². The van der Waals surface area contributed by atoms with Crippen LogP contribution in [-0.2, 0) is 48.7 Å². The molecule has 3 aliphatic heterocycles. The van der Waals surface area contributed by atoms with Crippen LogP contribution in [0.15, 0.2) is 41.5 Å². The summed E-state index contributed by atoms with van der Waals surface area (Å²) in [6, 6.07) is 10.3. The van der Waals surface area contributed by atoms with Crippen molar-refractivity contribution in [1.82, 2.24) is 49.9 Å². The number of nitrogens with zero attached hydrogens (tertiary/aromatic N) is 10. The predicted octanol–water partition coefficient (Wildman–Crippen LogP) is 2.31. The molecule has 4 N–H and O–H groups in total. The Hall–Kier alpha value is -4.90. The van der Waals surface area contributed by atoms with Crippen LogP contribution in [0, 0.1) is 17.2 Å². The van der Waals surface area contributed by atoms with E-state index >= 15 is 4.39 Å². The summed E-state index contributed by atoms with van der Waals surface area (Å²) in [5.41, 5.74) is -0.571. The van der Waals surface area contributed by atoms with E-state index in [2.05, 4.69) is 51.2 Å². The van der Waals surface area contributed by atoms with Gasteiger partial charge in [0, 0.05) is 17.9 Å². The lowest BCUT2D eigenvalue weighted by atomic mass is 10.1. The first-order chi connectivity index (χ1) is 28.9. The minimum atomic E-state index is -3.94. The van der Waals surface area contributed by atoms with Crippen molar-refractivity contribution < 1.29 is 51.0 Å². The number of nitrogens with one attached hydrogen (secondary N) is 3. The van der Waals surface area contributed by atoms with Crippen LogP contribution < -0.4 is 16.2 Å². The van der Waals surface area contributed by atoms with Gasteiger partial charge in [0.05, 0.1) is 38.4 Å². The second-order valence-corrected chi connectivity index (χ2v) is 17.5. The SMILES string of the molecule is CC(C)C(=O)Nc1nc2c(nnn2[C@@H]2O[C@@H]3COP(=S)(OCCC#N)O[C@H]4[C@H](F)[C@H](n5nnc6c(NC(=O)c7ccccc7)ncnc65)O[C@@H]4COP(O)O[C@H]2C3)c(=O)[nH]1. The lowest BCUT2D eigenvalue weighted by Crippen LogP contribution is -2.34. The summed E-state index contributed by atoms with van der Waals surface area (Å²) < 4.78 is 60.9. The van der Waals surface area contributed by atoms with Crippen molar-refractivity contribution >= 4 is 73.0 Å². The first-order valence-electron chi connectivity index (χ1n) is 18.2. The second kappa shape index (κ2) is 17.6. The summed E-state index contributed by atoms with van der Waals surface area (Å²) >= 11 is 5.75. The van der Waals surface area contributed by atoms with Gasteiger partial charge in [0.2, 0.25) is 11.9 Å². The summed E-state index contributed by atoms with van der Waals surface area (Å²) in [5, 5.41) is 30.6. The van der Waals surface area contributed by atoms with Crippen molar-refractivity contribution in [1.29, 1.82) is 5.26 Å². The van der Waals surface area contributed by atoms with E-state index in [1.165, 1.54) is 0 Å². The predicted molar refractivity (Wildman–Crippen MR) is 206 cm³/mol. The first kappa shape index (κ1) is 41.8. The Morgan fingerprint density at radius 3 is 2.63 bits per heavy atom. The molecule has 3 fully saturated rings. The topological polar surface area (TPSA) is 300 Å². The highest BCUT2D eigenvalue weighted by Crippen LogP contribution is 2.55. The Morgan fingerprint density at radius 1 is 1.10 bits per heavy atom. The lowest BCUT2D eigenvalue weighted by molar-refractivity contribution is -0.118. The summed E-state index contributed by atoms with van der Waals surface area (Å²) in [6.45, 7) is -1.69. The molecule has 316 valence electrons. The normalized spacial score (nSPS) is 28.4. The van der Waals surface area contributed by atoms with E-state index in [9.17, 15) is 24.5 Å². The maximum atomic E-state index is 16.8. The molecule has 0 radical (unpaired) electrons. The van der Waals surface area contributed by atoms with Gasteiger partial charge in [-0.15, -0.1) is 10.2 Å². The molecule has 3 aliphatic rings. The molecule has 24 nitrogen and oxygen atoms in total. The van der Waals surface area contributed by atoms with Gasteiger partial charge in [-0.3, -0.25) is 29.2 Å². The number of amides is 2. The van der Waals surface area contributed by atoms with E-state index in [1.54, 1.807) is 44.2 Å². The van der Waals surface area contributed by atoms with Crippen LogP contribution in [0.5, 0.6) is 0 Å². The highest BCUT2D eigenvalue weighted by Gasteiger charge is 2.52. The van der Waals surface area contributed by atoms with E-state index in [-0.39, 0.29) is 60.1 Å². The number of carbonyl (C=O) groups excluding carboxylic acids is 2. The molecule has 9 atom stereocenters. The Kier molecular flexibility index (Phi) is 12.3. The molecule has 4 aromatic heterocycles. The number of aromatic nitrogens is 10. The van der Waals surface area contributed by atoms with Gasteiger partial charge in [-0.1, -0.05) is 42.5 Å². The van der Waals surface area contributed by atoms with Crippen LogP contribution in [-0.4, -0.2) is 117 Å². The van der Waals surface area contributed by atoms with Crippen molar-refractivity contribution in [3.05, 3.63) is 52.6 Å². The molecule has 3 saturated heterocycles. The standard InChI is InChI=1S/C32H34FN13O11P2S/c1-15(2)27(47)39-32-38-26-22(29(49)40-32)42-44-46(26)30-18-11-17(54-30)12-53-59(60,52-10-6-9-34)57-23-19(13-51-58(50)56-18)55-31(20(23)33)45-25-21(41-43-45)24(35-14-36-25)37-28(48)16-7-4-3-5-8-16/h3-5,7-8,14-15,17-20,23,30-31,50H,6,10-13H2,1-2H3,(H,35,36,37,48)(H2,38,39,40,47,49)/t17-,18-,19+,20-,23+,30+,31+,58?,59?/m0/s1. The number of aromatic amines is 1. The molecule has 5 aromatic rings. The molecular formula is C32H34FN13O11P2S. The third kappa shape index (κ3) is 8.65. The molecule has 2 amide bonds. The van der Waals surface area contributed by atoms with Crippen LogP contribution in [0.3, 0.4) is 0 Å². The molecule has 0 spiro atoms. The smallest absolute Gasteiger partial charge is 0.330 e. The summed E-state index contributed by atoms with van der Waals surface area (Å²) in [7, 11) is -2.75. The molecule has 0 saturated carbocycles. The van der Waals surface area contributed by atoms with Gasteiger partial charge in [-0.2, -0.15) is 19.6 Å². The molecule has 7 heterocycles. The minimum Gasteiger partial charge on any atom is -0.348 e. The number of ether oxygens (including phenoxy) is 2. The molecular weight excluding hydrogens is 855 g/mol. The molecule has 28 heteroatoms. The van der Waals surface area contributed by atoms with Crippen LogP contribution in [0.2, 0.25) is 0 Å². The fraction of sp³-hybridized carbons (Fsp3) is 0.469. The number of H-pyrrole nitrogens is 1. The number of nitriles is 1. The van der Waals surface area contributed by atoms with Gasteiger partial charge >= 0.3 is 15.3 Å². The second-order valence-electron chi connectivity index (χ2n) is 13.6. The third-order valence-corrected chi connectivity index (χ3v) is 12.4. The van der Waals surface area contributed by atoms with Gasteiger partial charge in [-0.25, -0.2) is 14.4 Å². The van der Waals surface area contributed by atoms with Crippen molar-refractivity contribution in [2.75, 3.05) is 30.5 Å². The molecule has 60 heavy (non-hydrogen) atoms. The summed E-state index contributed by atoms with van der Waals surface area (Å²) in [5.74, 6) is -1.48. The number of anilines is 2. The van der Waals surface area contributed by atoms with Crippen molar-refractivity contribution in [3.8, 4) is 6.07 Å². The average Bonchev–Trinajstić information content (AvgIpc) is 4.02. The number of carbonyl (C=O) groups is 2. The molecule has 0 aliphatic carbocycles. The maximum absolute atomic E-state index is 16.8. The Balaban J connectivity index is 1.06. The molecule has 8 rings (SSSR count). The molecule has 2 bridgehead atoms. The quantitative estimate of drug-likeness (QED) is 0.122. The molecule has 2 unspecified atom stereocenters. The van der Waals surface area contributed by atoms with Crippen LogP contribution in [0.1, 0.15) is 49.5 Å². The molecule has 1 aromatic carbocycles. The Labute approximate surface area is 343 Å². The summed E-state index contributed by atoms with van der Waals surface area (Å²) in [4.78, 5) is 64.4. The van der Waals surface area contributed by atoms with Crippen LogP contribution >= 0.6 is 15.3 Å². The minimum absolute atomic E-state index is 0.00322. The monoisotopic (exact) mass is 889 g/mol. The maximum Gasteiger partial charge on any atom is 0.330 e. The number of hydrogen-bond acceptors (Lipinski definition) is 20. The largest absolute Gasteiger partial charge is 0.348 e. The lowest BCUT2D eigenvalue weighted by Gasteiger charge is -2.28. The average molecular weight is 890 g/mol. The van der Waals surface area contributed by atoms with E-state index in [1.807, 2.05) is 6.07 Å². The fourth-order valence-corrected chi connectivity index (χ4v) is 9.19. The zero-order valence-electron chi connectivity index (χ0n) is 31.3. The van der Waals surface area contributed by atoms with E-state index in [0.717, 1.165) is 15.7 Å².